The Bertz CT molecular complexity index is 1110. The van der Waals surface area contributed by atoms with E-state index >= 15 is 0 Å². The number of fused-ring (bicyclic) bond motifs is 1. The fourth-order valence-electron chi connectivity index (χ4n) is 2.80. The summed E-state index contributed by atoms with van der Waals surface area (Å²) in [6.45, 7) is 4.84. The molecule has 1 heterocycles. The molecule has 1 amide bonds. The standard InChI is InChI=1S/C22H22N4O2S/c1-15(2)11-12-24-20(27)14-29-22-25-19-6-4-3-5-18(19)21(28)26(22)17-9-7-16(13-23)8-10-17/h3-10,15H,11-12,14H2,1-2H3,(H,24,27). The Morgan fingerprint density at radius 3 is 2.62 bits per heavy atom. The number of hydrogen-bond acceptors (Lipinski definition) is 5. The molecule has 0 atom stereocenters. The minimum atomic E-state index is -0.206. The van der Waals surface area contributed by atoms with Crippen molar-refractivity contribution in [2.24, 2.45) is 5.92 Å². The van der Waals surface area contributed by atoms with Crippen LogP contribution in [0.15, 0.2) is 58.5 Å². The predicted molar refractivity (Wildman–Crippen MR) is 115 cm³/mol. The number of nitriles is 1. The Morgan fingerprint density at radius 1 is 1.21 bits per heavy atom. The highest BCUT2D eigenvalue weighted by molar-refractivity contribution is 7.99. The van der Waals surface area contributed by atoms with Crippen LogP contribution in [0.5, 0.6) is 0 Å². The van der Waals surface area contributed by atoms with Crippen molar-refractivity contribution in [2.45, 2.75) is 25.4 Å². The number of amides is 1. The molecular formula is C22H22N4O2S. The van der Waals surface area contributed by atoms with Gasteiger partial charge in [-0.05, 0) is 48.7 Å². The summed E-state index contributed by atoms with van der Waals surface area (Å²) in [5.74, 6) is 0.593. The van der Waals surface area contributed by atoms with Gasteiger partial charge in [-0.15, -0.1) is 0 Å². The van der Waals surface area contributed by atoms with Gasteiger partial charge in [0.15, 0.2) is 5.16 Å². The van der Waals surface area contributed by atoms with Gasteiger partial charge in [0.25, 0.3) is 5.56 Å². The van der Waals surface area contributed by atoms with E-state index in [0.717, 1.165) is 6.42 Å². The van der Waals surface area contributed by atoms with Crippen LogP contribution >= 0.6 is 11.8 Å². The van der Waals surface area contributed by atoms with Crippen LogP contribution in [0, 0.1) is 17.2 Å². The lowest BCUT2D eigenvalue weighted by molar-refractivity contribution is -0.118. The molecule has 0 fully saturated rings. The summed E-state index contributed by atoms with van der Waals surface area (Å²) < 4.78 is 1.50. The van der Waals surface area contributed by atoms with Gasteiger partial charge in [-0.25, -0.2) is 4.98 Å². The van der Waals surface area contributed by atoms with E-state index in [4.69, 9.17) is 5.26 Å². The largest absolute Gasteiger partial charge is 0.355 e. The van der Waals surface area contributed by atoms with E-state index in [1.807, 2.05) is 6.07 Å². The number of hydrogen-bond donors (Lipinski definition) is 1. The summed E-state index contributed by atoms with van der Waals surface area (Å²) in [5, 5.41) is 12.9. The van der Waals surface area contributed by atoms with Gasteiger partial charge in [0.1, 0.15) is 0 Å². The molecule has 0 aliphatic carbocycles. The van der Waals surface area contributed by atoms with Gasteiger partial charge in [-0.1, -0.05) is 37.7 Å². The number of rotatable bonds is 7. The Balaban J connectivity index is 1.93. The summed E-state index contributed by atoms with van der Waals surface area (Å²) in [7, 11) is 0. The highest BCUT2D eigenvalue weighted by Crippen LogP contribution is 2.21. The number of para-hydroxylation sites is 1. The highest BCUT2D eigenvalue weighted by atomic mass is 32.2. The zero-order chi connectivity index (χ0) is 20.8. The molecule has 0 saturated heterocycles. The van der Waals surface area contributed by atoms with Crippen LogP contribution in [0.3, 0.4) is 0 Å². The molecule has 0 saturated carbocycles. The zero-order valence-electron chi connectivity index (χ0n) is 16.4. The zero-order valence-corrected chi connectivity index (χ0v) is 17.2. The summed E-state index contributed by atoms with van der Waals surface area (Å²) in [4.78, 5) is 30.0. The second-order valence-corrected chi connectivity index (χ2v) is 7.97. The lowest BCUT2D eigenvalue weighted by Crippen LogP contribution is -2.28. The summed E-state index contributed by atoms with van der Waals surface area (Å²) >= 11 is 1.22. The third-order valence-corrected chi connectivity index (χ3v) is 5.31. The first-order chi connectivity index (χ1) is 14.0. The molecule has 1 aromatic heterocycles. The fraction of sp³-hybridized carbons (Fsp3) is 0.273. The van der Waals surface area contributed by atoms with Crippen molar-refractivity contribution in [3.05, 3.63) is 64.4 Å². The highest BCUT2D eigenvalue weighted by Gasteiger charge is 2.15. The Morgan fingerprint density at radius 2 is 1.93 bits per heavy atom. The number of nitrogens with one attached hydrogen (secondary N) is 1. The van der Waals surface area contributed by atoms with E-state index < -0.39 is 0 Å². The molecule has 0 spiro atoms. The van der Waals surface area contributed by atoms with Gasteiger partial charge in [0.05, 0.1) is 34.0 Å². The van der Waals surface area contributed by atoms with Crippen LogP contribution < -0.4 is 10.9 Å². The van der Waals surface area contributed by atoms with Gasteiger partial charge >= 0.3 is 0 Å². The number of aromatic nitrogens is 2. The van der Waals surface area contributed by atoms with Gasteiger partial charge < -0.3 is 5.32 Å². The molecule has 148 valence electrons. The van der Waals surface area contributed by atoms with Crippen LogP contribution in [0.2, 0.25) is 0 Å². The summed E-state index contributed by atoms with van der Waals surface area (Å²) in [6.07, 6.45) is 0.917. The van der Waals surface area contributed by atoms with E-state index in [9.17, 15) is 9.59 Å². The van der Waals surface area contributed by atoms with Crippen molar-refractivity contribution in [3.63, 3.8) is 0 Å². The van der Waals surface area contributed by atoms with Gasteiger partial charge in [0.2, 0.25) is 5.91 Å². The Kier molecular flexibility index (Phi) is 6.68. The molecule has 0 aliphatic heterocycles. The van der Waals surface area contributed by atoms with E-state index in [2.05, 4.69) is 30.2 Å². The lowest BCUT2D eigenvalue weighted by atomic mass is 10.1. The molecule has 6 nitrogen and oxygen atoms in total. The molecule has 0 unspecified atom stereocenters. The van der Waals surface area contributed by atoms with Crippen LogP contribution in [0.4, 0.5) is 0 Å². The summed E-state index contributed by atoms with van der Waals surface area (Å²) in [6, 6.07) is 15.9. The minimum Gasteiger partial charge on any atom is -0.355 e. The fourth-order valence-corrected chi connectivity index (χ4v) is 3.65. The lowest BCUT2D eigenvalue weighted by Gasteiger charge is -2.13. The maximum Gasteiger partial charge on any atom is 0.266 e. The molecule has 0 bridgehead atoms. The van der Waals surface area contributed by atoms with E-state index in [-0.39, 0.29) is 17.2 Å². The smallest absolute Gasteiger partial charge is 0.266 e. The normalized spacial score (nSPS) is 10.8. The maximum atomic E-state index is 13.1. The molecule has 0 radical (unpaired) electrons. The molecule has 2 aromatic carbocycles. The van der Waals surface area contributed by atoms with Crippen molar-refractivity contribution < 1.29 is 4.79 Å². The van der Waals surface area contributed by atoms with Crippen molar-refractivity contribution in [3.8, 4) is 11.8 Å². The molecule has 1 N–H and O–H groups in total. The van der Waals surface area contributed by atoms with E-state index in [0.29, 0.717) is 39.8 Å². The second kappa shape index (κ2) is 9.39. The van der Waals surface area contributed by atoms with Crippen LogP contribution in [0.25, 0.3) is 16.6 Å². The molecule has 29 heavy (non-hydrogen) atoms. The third kappa shape index (κ3) is 5.04. The number of benzene rings is 2. The number of thioether (sulfide) groups is 1. The van der Waals surface area contributed by atoms with E-state index in [1.165, 1.54) is 16.3 Å². The first-order valence-electron chi connectivity index (χ1n) is 9.41. The SMILES string of the molecule is CC(C)CCNC(=O)CSc1nc2ccccc2c(=O)n1-c1ccc(C#N)cc1. The summed E-state index contributed by atoms with van der Waals surface area (Å²) in [5.41, 5.74) is 1.50. The first kappa shape index (κ1) is 20.6. The molecular weight excluding hydrogens is 384 g/mol. The van der Waals surface area contributed by atoms with E-state index in [1.54, 1.807) is 42.5 Å². The minimum absolute atomic E-state index is 0.0931. The first-order valence-corrected chi connectivity index (χ1v) is 10.4. The maximum absolute atomic E-state index is 13.1. The Hall–Kier alpha value is -3.11. The third-order valence-electron chi connectivity index (χ3n) is 4.38. The molecule has 3 aromatic rings. The average molecular weight is 407 g/mol. The van der Waals surface area contributed by atoms with Crippen LogP contribution in [-0.4, -0.2) is 27.8 Å². The average Bonchev–Trinajstić information content (AvgIpc) is 2.72. The van der Waals surface area contributed by atoms with Crippen molar-refractivity contribution in [2.75, 3.05) is 12.3 Å². The van der Waals surface area contributed by atoms with Gasteiger partial charge in [-0.2, -0.15) is 5.26 Å². The van der Waals surface area contributed by atoms with Gasteiger partial charge in [0, 0.05) is 6.54 Å². The monoisotopic (exact) mass is 406 g/mol. The molecule has 7 heteroatoms. The number of carbonyl (C=O) groups is 1. The number of nitrogens with zero attached hydrogens (tertiary/aromatic N) is 3. The Labute approximate surface area is 173 Å². The number of carbonyl (C=O) groups excluding carboxylic acids is 1. The quantitative estimate of drug-likeness (QED) is 0.479. The van der Waals surface area contributed by atoms with Crippen molar-refractivity contribution in [1.82, 2.24) is 14.9 Å². The molecule has 3 rings (SSSR count). The predicted octanol–water partition coefficient (Wildman–Crippen LogP) is 3.51. The van der Waals surface area contributed by atoms with Crippen molar-refractivity contribution >= 4 is 28.6 Å². The van der Waals surface area contributed by atoms with Crippen LogP contribution in [-0.2, 0) is 4.79 Å². The van der Waals surface area contributed by atoms with Crippen LogP contribution in [0.1, 0.15) is 25.8 Å². The molecule has 0 aliphatic rings. The van der Waals surface area contributed by atoms with Gasteiger partial charge in [-0.3, -0.25) is 14.2 Å². The topological polar surface area (TPSA) is 87.8 Å². The second-order valence-electron chi connectivity index (χ2n) is 7.03. The van der Waals surface area contributed by atoms with Crippen molar-refractivity contribution in [1.29, 1.82) is 5.26 Å².